The Kier molecular flexibility index (Phi) is 4.88. The van der Waals surface area contributed by atoms with E-state index in [4.69, 9.17) is 4.74 Å². The van der Waals surface area contributed by atoms with Gasteiger partial charge in [0.25, 0.3) is 5.56 Å². The number of H-pyrrole nitrogens is 1. The molecule has 4 aliphatic carbocycles. The monoisotopic (exact) mass is 408 g/mol. The van der Waals surface area contributed by atoms with E-state index < -0.39 is 5.97 Å². The van der Waals surface area contributed by atoms with Crippen LogP contribution >= 0.6 is 0 Å². The van der Waals surface area contributed by atoms with Gasteiger partial charge >= 0.3 is 5.97 Å². The van der Waals surface area contributed by atoms with Gasteiger partial charge in [0.15, 0.2) is 0 Å². The first-order chi connectivity index (χ1) is 14.5. The lowest BCUT2D eigenvalue weighted by Crippen LogP contribution is -2.53. The molecule has 1 heterocycles. The molecule has 4 bridgehead atoms. The van der Waals surface area contributed by atoms with Gasteiger partial charge in [0.05, 0.1) is 12.0 Å². The van der Waals surface area contributed by atoms with Crippen molar-refractivity contribution in [1.82, 2.24) is 10.3 Å². The number of esters is 1. The third-order valence-electron chi connectivity index (χ3n) is 7.35. The Bertz CT molecular complexity index is 1010. The highest BCUT2D eigenvalue weighted by molar-refractivity contribution is 5.83. The van der Waals surface area contributed by atoms with Crippen LogP contribution in [-0.4, -0.2) is 23.4 Å². The van der Waals surface area contributed by atoms with Gasteiger partial charge in [-0.2, -0.15) is 0 Å². The fourth-order valence-electron chi connectivity index (χ4n) is 6.38. The molecular formula is C24H28N2O4. The maximum absolute atomic E-state index is 12.9. The Hall–Kier alpha value is -2.63. The molecule has 4 aliphatic rings. The number of aromatic amines is 1. The molecule has 1 aromatic carbocycles. The molecule has 0 radical (unpaired) electrons. The zero-order valence-corrected chi connectivity index (χ0v) is 17.1. The molecule has 1 aromatic heterocycles. The highest BCUT2D eigenvalue weighted by Gasteiger charge is 2.54. The lowest BCUT2D eigenvalue weighted by molar-refractivity contribution is -0.147. The number of aromatic nitrogens is 1. The van der Waals surface area contributed by atoms with Crippen molar-refractivity contribution in [2.24, 2.45) is 23.2 Å². The number of hydrogen-bond acceptors (Lipinski definition) is 4. The summed E-state index contributed by atoms with van der Waals surface area (Å²) in [6, 6.07) is 9.23. The summed E-state index contributed by atoms with van der Waals surface area (Å²) in [6.07, 6.45) is 7.05. The van der Waals surface area contributed by atoms with Crippen molar-refractivity contribution in [3.63, 3.8) is 0 Å². The van der Waals surface area contributed by atoms with Crippen molar-refractivity contribution < 1.29 is 14.3 Å². The van der Waals surface area contributed by atoms with Gasteiger partial charge in [-0.05, 0) is 73.8 Å². The summed E-state index contributed by atoms with van der Waals surface area (Å²) < 4.78 is 5.28. The molecule has 0 unspecified atom stereocenters. The van der Waals surface area contributed by atoms with E-state index >= 15 is 0 Å². The Labute approximate surface area is 175 Å². The molecule has 6 heteroatoms. The van der Waals surface area contributed by atoms with Gasteiger partial charge in [0, 0.05) is 17.5 Å². The van der Waals surface area contributed by atoms with Crippen LogP contribution in [0.5, 0.6) is 0 Å². The number of para-hydroxylation sites is 1. The van der Waals surface area contributed by atoms with Crippen LogP contribution in [0, 0.1) is 23.2 Å². The largest absolute Gasteiger partial charge is 0.461 e. The summed E-state index contributed by atoms with van der Waals surface area (Å²) in [7, 11) is 0. The van der Waals surface area contributed by atoms with Gasteiger partial charge in [-0.15, -0.1) is 0 Å². The summed E-state index contributed by atoms with van der Waals surface area (Å²) in [4.78, 5) is 40.0. The number of nitrogens with one attached hydrogen (secondary N) is 2. The van der Waals surface area contributed by atoms with Gasteiger partial charge in [-0.3, -0.25) is 14.4 Å². The van der Waals surface area contributed by atoms with Crippen molar-refractivity contribution >= 4 is 22.8 Å². The SMILES string of the molecule is O=C(CCNC(=O)C12CC3CC(CC(C3)C1)C2)OCc1cc2ccccc2[nH]c1=O. The minimum absolute atomic E-state index is 0.0675. The van der Waals surface area contributed by atoms with Crippen molar-refractivity contribution in [2.75, 3.05) is 6.54 Å². The number of carbonyl (C=O) groups is 2. The first-order valence-electron chi connectivity index (χ1n) is 11.1. The molecule has 158 valence electrons. The van der Waals surface area contributed by atoms with E-state index in [0.29, 0.717) is 23.3 Å². The lowest BCUT2D eigenvalue weighted by Gasteiger charge is -2.55. The molecule has 4 saturated carbocycles. The van der Waals surface area contributed by atoms with Crippen LogP contribution in [0.2, 0.25) is 0 Å². The van der Waals surface area contributed by atoms with Crippen LogP contribution in [0.25, 0.3) is 10.9 Å². The number of fused-ring (bicyclic) bond motifs is 1. The zero-order chi connectivity index (χ0) is 20.7. The number of amides is 1. The summed E-state index contributed by atoms with van der Waals surface area (Å²) in [5.41, 5.74) is 0.720. The van der Waals surface area contributed by atoms with E-state index in [-0.39, 0.29) is 36.5 Å². The first-order valence-corrected chi connectivity index (χ1v) is 11.1. The number of pyridine rings is 1. The molecule has 6 nitrogen and oxygen atoms in total. The molecular weight excluding hydrogens is 380 g/mol. The molecule has 2 aromatic rings. The molecule has 1 amide bonds. The molecule has 6 rings (SSSR count). The normalized spacial score (nSPS) is 29.1. The standard InChI is InChI=1S/C24H28N2O4/c27-21(30-14-19-10-18-3-1-2-4-20(18)26-22(19)28)5-6-25-23(29)24-11-15-7-16(12-24)9-17(8-15)13-24/h1-4,10,15-17H,5-9,11-14H2,(H,25,29)(H,26,28). The highest BCUT2D eigenvalue weighted by Crippen LogP contribution is 2.60. The van der Waals surface area contributed by atoms with Crippen molar-refractivity contribution in [3.8, 4) is 0 Å². The second-order valence-corrected chi connectivity index (χ2v) is 9.58. The molecule has 4 fully saturated rings. The van der Waals surface area contributed by atoms with Gasteiger partial charge in [-0.1, -0.05) is 18.2 Å². The quantitative estimate of drug-likeness (QED) is 0.718. The third-order valence-corrected chi connectivity index (χ3v) is 7.35. The highest BCUT2D eigenvalue weighted by atomic mass is 16.5. The number of carbonyl (C=O) groups excluding carboxylic acids is 2. The van der Waals surface area contributed by atoms with Crippen molar-refractivity contribution in [2.45, 2.75) is 51.6 Å². The molecule has 30 heavy (non-hydrogen) atoms. The summed E-state index contributed by atoms with van der Waals surface area (Å²) in [5.74, 6) is 1.86. The third kappa shape index (κ3) is 3.64. The van der Waals surface area contributed by atoms with E-state index in [1.54, 1.807) is 6.07 Å². The van der Waals surface area contributed by atoms with Gasteiger partial charge in [-0.25, -0.2) is 0 Å². The Balaban J connectivity index is 1.12. The lowest BCUT2D eigenvalue weighted by atomic mass is 9.49. The number of benzene rings is 1. The van der Waals surface area contributed by atoms with E-state index in [1.807, 2.05) is 24.3 Å². The van der Waals surface area contributed by atoms with Crippen LogP contribution in [0.15, 0.2) is 35.1 Å². The van der Waals surface area contributed by atoms with E-state index in [9.17, 15) is 14.4 Å². The average Bonchev–Trinajstić information content (AvgIpc) is 2.71. The Morgan fingerprint density at radius 2 is 1.73 bits per heavy atom. The predicted molar refractivity (Wildman–Crippen MR) is 113 cm³/mol. The maximum atomic E-state index is 12.9. The molecule has 0 spiro atoms. The summed E-state index contributed by atoms with van der Waals surface area (Å²) in [6.45, 7) is 0.218. The molecule has 2 N–H and O–H groups in total. The van der Waals surface area contributed by atoms with Gasteiger partial charge < -0.3 is 15.0 Å². The average molecular weight is 408 g/mol. The number of ether oxygens (including phenoxy) is 1. The second-order valence-electron chi connectivity index (χ2n) is 9.58. The van der Waals surface area contributed by atoms with Crippen LogP contribution in [0.1, 0.15) is 50.5 Å². The van der Waals surface area contributed by atoms with Crippen molar-refractivity contribution in [3.05, 3.63) is 46.2 Å². The smallest absolute Gasteiger partial charge is 0.307 e. The van der Waals surface area contributed by atoms with Gasteiger partial charge in [0.2, 0.25) is 5.91 Å². The van der Waals surface area contributed by atoms with Gasteiger partial charge in [0.1, 0.15) is 6.61 Å². The molecule has 0 saturated heterocycles. The number of rotatable bonds is 6. The molecule has 0 atom stereocenters. The summed E-state index contributed by atoms with van der Waals surface area (Å²) >= 11 is 0. The minimum Gasteiger partial charge on any atom is -0.461 e. The van der Waals surface area contributed by atoms with E-state index in [0.717, 1.165) is 30.2 Å². The topological polar surface area (TPSA) is 88.3 Å². The van der Waals surface area contributed by atoms with Crippen LogP contribution in [-0.2, 0) is 20.9 Å². The first kappa shape index (κ1) is 19.3. The fourth-order valence-corrected chi connectivity index (χ4v) is 6.38. The number of hydrogen-bond donors (Lipinski definition) is 2. The van der Waals surface area contributed by atoms with E-state index in [2.05, 4.69) is 10.3 Å². The van der Waals surface area contributed by atoms with E-state index in [1.165, 1.54) is 19.3 Å². The van der Waals surface area contributed by atoms with Crippen LogP contribution < -0.4 is 10.9 Å². The van der Waals surface area contributed by atoms with Crippen molar-refractivity contribution in [1.29, 1.82) is 0 Å². The minimum atomic E-state index is -0.409. The zero-order valence-electron chi connectivity index (χ0n) is 17.1. The molecule has 0 aliphatic heterocycles. The predicted octanol–water partition coefficient (Wildman–Crippen LogP) is 3.29. The maximum Gasteiger partial charge on any atom is 0.307 e. The Morgan fingerprint density at radius 3 is 2.43 bits per heavy atom. The second kappa shape index (κ2) is 7.56. The fraction of sp³-hybridized carbons (Fsp3) is 0.542. The Morgan fingerprint density at radius 1 is 1.07 bits per heavy atom. The van der Waals surface area contributed by atoms with Crippen LogP contribution in [0.4, 0.5) is 0 Å². The van der Waals surface area contributed by atoms with Crippen LogP contribution in [0.3, 0.4) is 0 Å². The summed E-state index contributed by atoms with van der Waals surface area (Å²) in [5, 5.41) is 3.89.